The van der Waals surface area contributed by atoms with Crippen LogP contribution < -0.4 is 5.32 Å². The number of aromatic amines is 1. The standard InChI is InChI=1S/C14H15N5/c1-11(18-13-8-15-16-9-13)12-7-17-19(10-12)14-5-3-2-4-6-14/h2-11,18H,1H3,(H,15,16). The summed E-state index contributed by atoms with van der Waals surface area (Å²) in [6.45, 7) is 2.10. The highest BCUT2D eigenvalue weighted by Crippen LogP contribution is 2.18. The second-order valence-electron chi connectivity index (χ2n) is 4.41. The molecule has 5 heteroatoms. The predicted molar refractivity (Wildman–Crippen MR) is 74.2 cm³/mol. The van der Waals surface area contributed by atoms with Gasteiger partial charge in [-0.2, -0.15) is 10.2 Å². The monoisotopic (exact) mass is 253 g/mol. The maximum absolute atomic E-state index is 4.39. The zero-order valence-electron chi connectivity index (χ0n) is 10.6. The van der Waals surface area contributed by atoms with Crippen molar-refractivity contribution >= 4 is 5.69 Å². The Balaban J connectivity index is 1.78. The van der Waals surface area contributed by atoms with E-state index in [0.717, 1.165) is 16.9 Å². The van der Waals surface area contributed by atoms with Gasteiger partial charge in [-0.05, 0) is 19.1 Å². The first-order chi connectivity index (χ1) is 9.33. The molecule has 2 heterocycles. The Bertz CT molecular complexity index is 627. The van der Waals surface area contributed by atoms with Crippen molar-refractivity contribution in [3.05, 3.63) is 60.7 Å². The van der Waals surface area contributed by atoms with Gasteiger partial charge in [0, 0.05) is 18.0 Å². The van der Waals surface area contributed by atoms with Gasteiger partial charge in [0.2, 0.25) is 0 Å². The summed E-state index contributed by atoms with van der Waals surface area (Å²) >= 11 is 0. The first kappa shape index (κ1) is 11.5. The molecule has 96 valence electrons. The van der Waals surface area contributed by atoms with Gasteiger partial charge in [-0.3, -0.25) is 5.10 Å². The Hall–Kier alpha value is -2.56. The second kappa shape index (κ2) is 4.97. The molecule has 1 atom stereocenters. The second-order valence-corrected chi connectivity index (χ2v) is 4.41. The van der Waals surface area contributed by atoms with E-state index < -0.39 is 0 Å². The Morgan fingerprint density at radius 3 is 2.79 bits per heavy atom. The summed E-state index contributed by atoms with van der Waals surface area (Å²) in [4.78, 5) is 0. The molecule has 0 saturated heterocycles. The zero-order chi connectivity index (χ0) is 13.1. The molecule has 0 saturated carbocycles. The number of anilines is 1. The van der Waals surface area contributed by atoms with Gasteiger partial charge >= 0.3 is 0 Å². The molecule has 1 unspecified atom stereocenters. The maximum atomic E-state index is 4.39. The number of nitrogens with zero attached hydrogens (tertiary/aromatic N) is 3. The molecule has 5 nitrogen and oxygen atoms in total. The molecule has 19 heavy (non-hydrogen) atoms. The Kier molecular flexibility index (Phi) is 3.02. The van der Waals surface area contributed by atoms with E-state index in [9.17, 15) is 0 Å². The topological polar surface area (TPSA) is 58.5 Å². The van der Waals surface area contributed by atoms with E-state index in [1.54, 1.807) is 6.20 Å². The number of hydrogen-bond donors (Lipinski definition) is 2. The molecule has 3 aromatic rings. The van der Waals surface area contributed by atoms with Crippen LogP contribution in [0.1, 0.15) is 18.5 Å². The quantitative estimate of drug-likeness (QED) is 0.751. The molecule has 3 rings (SSSR count). The van der Waals surface area contributed by atoms with Crippen LogP contribution in [0, 0.1) is 0 Å². The van der Waals surface area contributed by atoms with Crippen molar-refractivity contribution in [3.8, 4) is 5.69 Å². The van der Waals surface area contributed by atoms with Crippen LogP contribution in [0.15, 0.2) is 55.1 Å². The van der Waals surface area contributed by atoms with Crippen molar-refractivity contribution in [2.75, 3.05) is 5.32 Å². The van der Waals surface area contributed by atoms with Gasteiger partial charge in [-0.1, -0.05) is 18.2 Å². The number of para-hydroxylation sites is 1. The largest absolute Gasteiger partial charge is 0.376 e. The van der Waals surface area contributed by atoms with E-state index >= 15 is 0 Å². The molecule has 2 N–H and O–H groups in total. The van der Waals surface area contributed by atoms with Crippen LogP contribution in [0.25, 0.3) is 5.69 Å². The van der Waals surface area contributed by atoms with Crippen molar-refractivity contribution < 1.29 is 0 Å². The first-order valence-electron chi connectivity index (χ1n) is 6.18. The molecule has 0 aliphatic heterocycles. The van der Waals surface area contributed by atoms with Crippen LogP contribution in [-0.4, -0.2) is 20.0 Å². The summed E-state index contributed by atoms with van der Waals surface area (Å²) in [5, 5.41) is 14.4. The van der Waals surface area contributed by atoms with Crippen LogP contribution in [-0.2, 0) is 0 Å². The van der Waals surface area contributed by atoms with E-state index in [4.69, 9.17) is 0 Å². The number of aromatic nitrogens is 4. The average molecular weight is 253 g/mol. The molecule has 2 aromatic heterocycles. The Labute approximate surface area is 111 Å². The van der Waals surface area contributed by atoms with Gasteiger partial charge in [-0.25, -0.2) is 4.68 Å². The van der Waals surface area contributed by atoms with Crippen LogP contribution in [0.2, 0.25) is 0 Å². The van der Waals surface area contributed by atoms with Crippen molar-refractivity contribution in [1.29, 1.82) is 0 Å². The average Bonchev–Trinajstić information content (AvgIpc) is 3.10. The van der Waals surface area contributed by atoms with Crippen LogP contribution in [0.5, 0.6) is 0 Å². The van der Waals surface area contributed by atoms with E-state index in [2.05, 4.69) is 27.5 Å². The SMILES string of the molecule is CC(Nc1cn[nH]c1)c1cnn(-c2ccccc2)c1. The number of benzene rings is 1. The van der Waals surface area contributed by atoms with Crippen LogP contribution in [0.3, 0.4) is 0 Å². The third-order valence-corrected chi connectivity index (χ3v) is 3.00. The van der Waals surface area contributed by atoms with E-state index in [-0.39, 0.29) is 6.04 Å². The molecule has 0 aliphatic carbocycles. The molecular weight excluding hydrogens is 238 g/mol. The summed E-state index contributed by atoms with van der Waals surface area (Å²) in [6, 6.07) is 10.2. The van der Waals surface area contributed by atoms with Gasteiger partial charge < -0.3 is 5.32 Å². The van der Waals surface area contributed by atoms with Crippen molar-refractivity contribution in [3.63, 3.8) is 0 Å². The van der Waals surface area contributed by atoms with Gasteiger partial charge in [0.15, 0.2) is 0 Å². The van der Waals surface area contributed by atoms with Crippen molar-refractivity contribution in [2.24, 2.45) is 0 Å². The van der Waals surface area contributed by atoms with Crippen molar-refractivity contribution in [2.45, 2.75) is 13.0 Å². The van der Waals surface area contributed by atoms with Crippen LogP contribution in [0.4, 0.5) is 5.69 Å². The summed E-state index contributed by atoms with van der Waals surface area (Å²) in [5.74, 6) is 0. The van der Waals surface area contributed by atoms with Gasteiger partial charge in [-0.15, -0.1) is 0 Å². The van der Waals surface area contributed by atoms with Gasteiger partial charge in [0.1, 0.15) is 0 Å². The van der Waals surface area contributed by atoms with Crippen molar-refractivity contribution in [1.82, 2.24) is 20.0 Å². The number of H-pyrrole nitrogens is 1. The minimum Gasteiger partial charge on any atom is -0.376 e. The third kappa shape index (κ3) is 2.49. The molecule has 0 aliphatic rings. The van der Waals surface area contributed by atoms with E-state index in [1.807, 2.05) is 53.6 Å². The third-order valence-electron chi connectivity index (χ3n) is 3.00. The minimum atomic E-state index is 0.176. The highest BCUT2D eigenvalue weighted by Gasteiger charge is 2.09. The van der Waals surface area contributed by atoms with Gasteiger partial charge in [0.25, 0.3) is 0 Å². The Morgan fingerprint density at radius 2 is 2.05 bits per heavy atom. The molecular formula is C14H15N5. The predicted octanol–water partition coefficient (Wildman–Crippen LogP) is 2.77. The molecule has 0 radical (unpaired) electrons. The fourth-order valence-corrected chi connectivity index (χ4v) is 1.95. The molecule has 0 spiro atoms. The molecule has 0 fully saturated rings. The fourth-order valence-electron chi connectivity index (χ4n) is 1.95. The molecule has 1 aromatic carbocycles. The lowest BCUT2D eigenvalue weighted by atomic mass is 10.2. The lowest BCUT2D eigenvalue weighted by Gasteiger charge is -2.10. The van der Waals surface area contributed by atoms with Crippen LogP contribution >= 0.6 is 0 Å². The number of rotatable bonds is 4. The van der Waals surface area contributed by atoms with E-state index in [1.165, 1.54) is 0 Å². The minimum absolute atomic E-state index is 0.176. The summed E-state index contributed by atoms with van der Waals surface area (Å²) in [7, 11) is 0. The lowest BCUT2D eigenvalue weighted by Crippen LogP contribution is -2.04. The first-order valence-corrected chi connectivity index (χ1v) is 6.18. The van der Waals surface area contributed by atoms with E-state index in [0.29, 0.717) is 0 Å². The fraction of sp³-hybridized carbons (Fsp3) is 0.143. The Morgan fingerprint density at radius 1 is 1.21 bits per heavy atom. The molecule has 0 amide bonds. The zero-order valence-corrected chi connectivity index (χ0v) is 10.6. The summed E-state index contributed by atoms with van der Waals surface area (Å²) in [6.07, 6.45) is 7.51. The highest BCUT2D eigenvalue weighted by molar-refractivity contribution is 5.41. The summed E-state index contributed by atoms with van der Waals surface area (Å²) in [5.41, 5.74) is 3.16. The lowest BCUT2D eigenvalue weighted by molar-refractivity contribution is 0.868. The number of nitrogens with one attached hydrogen (secondary N) is 2. The normalized spacial score (nSPS) is 12.3. The molecule has 0 bridgehead atoms. The van der Waals surface area contributed by atoms with Gasteiger partial charge in [0.05, 0.1) is 29.8 Å². The maximum Gasteiger partial charge on any atom is 0.0728 e. The smallest absolute Gasteiger partial charge is 0.0728 e. The number of hydrogen-bond acceptors (Lipinski definition) is 3. The highest BCUT2D eigenvalue weighted by atomic mass is 15.3. The summed E-state index contributed by atoms with van der Waals surface area (Å²) < 4.78 is 1.88.